The Morgan fingerprint density at radius 3 is 2.47 bits per heavy atom. The lowest BCUT2D eigenvalue weighted by Crippen LogP contribution is -2.30. The molecule has 1 unspecified atom stereocenters. The molecule has 0 amide bonds. The third-order valence-corrected chi connectivity index (χ3v) is 2.28. The zero-order chi connectivity index (χ0) is 12.8. The second-order valence-corrected chi connectivity index (χ2v) is 3.51. The average Bonchev–Trinajstić information content (AvgIpc) is 2.30. The van der Waals surface area contributed by atoms with Crippen LogP contribution in [-0.2, 0) is 0 Å². The number of hydrogen-bond acceptors (Lipinski definition) is 1. The average molecular weight is 237 g/mol. The highest BCUT2D eigenvalue weighted by Crippen LogP contribution is 2.24. The Labute approximate surface area is 99.4 Å². The summed E-state index contributed by atoms with van der Waals surface area (Å²) in [4.78, 5) is 3.38. The van der Waals surface area contributed by atoms with Crippen LogP contribution in [0.15, 0.2) is 35.3 Å². The minimum absolute atomic E-state index is 0.259. The number of nitrogens with two attached hydrogens (primary N) is 2. The van der Waals surface area contributed by atoms with Crippen LogP contribution < -0.4 is 11.5 Å². The fourth-order valence-corrected chi connectivity index (χ4v) is 1.52. The highest BCUT2D eigenvalue weighted by Gasteiger charge is 2.21. The van der Waals surface area contributed by atoms with Gasteiger partial charge in [0.2, 0.25) is 5.96 Å². The summed E-state index contributed by atoms with van der Waals surface area (Å²) in [6.07, 6.45) is 0.503. The minimum Gasteiger partial charge on any atom is -0.370 e. The number of hydrogen-bond donors (Lipinski definition) is 3. The van der Waals surface area contributed by atoms with Crippen molar-refractivity contribution in [3.63, 3.8) is 0 Å². The van der Waals surface area contributed by atoms with Gasteiger partial charge in [0, 0.05) is 0 Å². The predicted octanol–water partition coefficient (Wildman–Crippen LogP) is 1.53. The topological polar surface area (TPSA) is 91.5 Å². The largest absolute Gasteiger partial charge is 0.370 e. The maximum absolute atomic E-state index is 13.9. The summed E-state index contributed by atoms with van der Waals surface area (Å²) in [5.41, 5.74) is 11.0. The molecule has 0 aliphatic heterocycles. The maximum atomic E-state index is 13.9. The first kappa shape index (κ1) is 13.0. The molecule has 1 aromatic rings. The number of halogens is 1. The summed E-state index contributed by atoms with van der Waals surface area (Å²) in [6.45, 7) is 1.83. The Kier molecular flexibility index (Phi) is 4.45. The normalized spacial score (nSPS) is 11.6. The van der Waals surface area contributed by atoms with Crippen molar-refractivity contribution in [2.24, 2.45) is 16.5 Å². The summed E-state index contributed by atoms with van der Waals surface area (Å²) >= 11 is 0. The van der Waals surface area contributed by atoms with Crippen LogP contribution in [0, 0.1) is 5.41 Å². The van der Waals surface area contributed by atoms with Gasteiger partial charge in [-0.1, -0.05) is 41.7 Å². The van der Waals surface area contributed by atoms with Gasteiger partial charge in [0.15, 0.2) is 5.96 Å². The molecule has 0 spiro atoms. The number of nitrogens with one attached hydrogen (secondary N) is 1. The molecule has 0 aliphatic carbocycles. The molecule has 92 valence electrons. The third kappa shape index (κ3) is 3.44. The van der Waals surface area contributed by atoms with Crippen molar-refractivity contribution in [2.45, 2.75) is 19.4 Å². The van der Waals surface area contributed by atoms with E-state index in [2.05, 4.69) is 4.99 Å². The van der Waals surface area contributed by atoms with E-state index in [-0.39, 0.29) is 11.1 Å². The lowest BCUT2D eigenvalue weighted by Gasteiger charge is -2.22. The Bertz CT molecular complexity index is 400. The molecule has 0 radical (unpaired) electrons. The molecule has 0 heterocycles. The highest BCUT2D eigenvalue weighted by molar-refractivity contribution is 5.91. The summed E-state index contributed by atoms with van der Waals surface area (Å²) in [6, 6.07) is 8.51. The van der Waals surface area contributed by atoms with Crippen LogP contribution in [0.1, 0.15) is 24.9 Å². The first-order valence-electron chi connectivity index (χ1n) is 5.24. The van der Waals surface area contributed by atoms with Crippen LogP contribution >= 0.6 is 0 Å². The molecule has 0 aliphatic rings. The molecule has 0 fully saturated rings. The van der Waals surface area contributed by atoms with Gasteiger partial charge in [0.1, 0.15) is 0 Å². The van der Waals surface area contributed by atoms with E-state index in [4.69, 9.17) is 16.9 Å². The van der Waals surface area contributed by atoms with Gasteiger partial charge in [-0.2, -0.15) is 10.1 Å². The Morgan fingerprint density at radius 2 is 2.00 bits per heavy atom. The lowest BCUT2D eigenvalue weighted by molar-refractivity contribution is 0.0601. The number of benzene rings is 1. The van der Waals surface area contributed by atoms with Gasteiger partial charge in [0.25, 0.3) is 0 Å². The zero-order valence-electron chi connectivity index (χ0n) is 9.60. The van der Waals surface area contributed by atoms with Gasteiger partial charge in [-0.25, -0.2) is 0 Å². The minimum atomic E-state index is -0.597. The third-order valence-electron chi connectivity index (χ3n) is 2.28. The smallest absolute Gasteiger partial charge is 0.250 e. The molecule has 0 aromatic heterocycles. The number of guanidine groups is 2. The van der Waals surface area contributed by atoms with E-state index in [1.54, 1.807) is 12.1 Å². The van der Waals surface area contributed by atoms with Crippen LogP contribution in [-0.4, -0.2) is 17.0 Å². The van der Waals surface area contributed by atoms with Gasteiger partial charge in [-0.3, -0.25) is 5.41 Å². The van der Waals surface area contributed by atoms with Gasteiger partial charge in [-0.15, -0.1) is 0 Å². The lowest BCUT2D eigenvalue weighted by atomic mass is 10.0. The highest BCUT2D eigenvalue weighted by atomic mass is 19.2. The molecular weight excluding hydrogens is 221 g/mol. The molecule has 1 atom stereocenters. The number of aliphatic imine (C=N–C) groups is 1. The van der Waals surface area contributed by atoms with Crippen LogP contribution in [0.2, 0.25) is 0 Å². The molecule has 0 bridgehead atoms. The summed E-state index contributed by atoms with van der Waals surface area (Å²) in [5, 5.41) is 7.67. The van der Waals surface area contributed by atoms with E-state index in [0.717, 1.165) is 5.56 Å². The molecule has 5 N–H and O–H groups in total. The fraction of sp³-hybridized carbons (Fsp3) is 0.273. The van der Waals surface area contributed by atoms with Crippen molar-refractivity contribution < 1.29 is 4.48 Å². The Morgan fingerprint density at radius 1 is 1.41 bits per heavy atom. The Hall–Kier alpha value is -2.11. The van der Waals surface area contributed by atoms with E-state index in [1.165, 1.54) is 0 Å². The Balaban J connectivity index is 2.89. The first-order chi connectivity index (χ1) is 8.06. The van der Waals surface area contributed by atoms with Gasteiger partial charge >= 0.3 is 0 Å². The van der Waals surface area contributed by atoms with E-state index in [1.807, 2.05) is 25.1 Å². The van der Waals surface area contributed by atoms with Gasteiger partial charge in [-0.05, 0) is 12.0 Å². The molecule has 5 nitrogen and oxygen atoms in total. The fourth-order valence-electron chi connectivity index (χ4n) is 1.52. The van der Waals surface area contributed by atoms with E-state index < -0.39 is 12.0 Å². The molecular formula is C11H16FN5. The number of rotatable bonds is 3. The SMILES string of the molecule is CCC(c1ccccc1)N(F)C(=N)N=C(N)N. The van der Waals surface area contributed by atoms with E-state index >= 15 is 0 Å². The van der Waals surface area contributed by atoms with Crippen LogP contribution in [0.5, 0.6) is 0 Å². The first-order valence-corrected chi connectivity index (χ1v) is 5.24. The maximum Gasteiger partial charge on any atom is 0.250 e. The molecule has 17 heavy (non-hydrogen) atoms. The summed E-state index contributed by atoms with van der Waals surface area (Å²) in [7, 11) is 0. The van der Waals surface area contributed by atoms with E-state index in [9.17, 15) is 4.48 Å². The van der Waals surface area contributed by atoms with Crippen LogP contribution in [0.25, 0.3) is 0 Å². The van der Waals surface area contributed by atoms with Crippen molar-refractivity contribution >= 4 is 11.9 Å². The molecule has 0 saturated heterocycles. The monoisotopic (exact) mass is 237 g/mol. The number of nitrogens with zero attached hydrogens (tertiary/aromatic N) is 2. The van der Waals surface area contributed by atoms with E-state index in [0.29, 0.717) is 6.42 Å². The molecule has 1 aromatic carbocycles. The standard InChI is InChI=1S/C11H16FN5/c1-2-9(8-6-4-3-5-7-8)17(12)11(15)16-10(13)14/h3-7,9H,2H2,1H3,(H5,13,14,15,16). The second kappa shape index (κ2) is 5.83. The van der Waals surface area contributed by atoms with Crippen molar-refractivity contribution in [1.29, 1.82) is 5.41 Å². The van der Waals surface area contributed by atoms with Crippen LogP contribution in [0.3, 0.4) is 0 Å². The van der Waals surface area contributed by atoms with Gasteiger partial charge in [0.05, 0.1) is 6.04 Å². The quantitative estimate of drug-likeness (QED) is 0.423. The van der Waals surface area contributed by atoms with Crippen molar-refractivity contribution in [3.05, 3.63) is 35.9 Å². The predicted molar refractivity (Wildman–Crippen MR) is 66.0 cm³/mol. The summed E-state index contributed by atoms with van der Waals surface area (Å²) < 4.78 is 13.9. The molecule has 6 heteroatoms. The zero-order valence-corrected chi connectivity index (χ0v) is 9.60. The van der Waals surface area contributed by atoms with Crippen LogP contribution in [0.4, 0.5) is 4.48 Å². The molecule has 0 saturated carbocycles. The summed E-state index contributed by atoms with van der Waals surface area (Å²) in [5.74, 6) is -0.929. The molecule has 1 rings (SSSR count). The van der Waals surface area contributed by atoms with Crippen molar-refractivity contribution in [3.8, 4) is 0 Å². The second-order valence-electron chi connectivity index (χ2n) is 3.51. The van der Waals surface area contributed by atoms with Crippen molar-refractivity contribution in [1.82, 2.24) is 5.12 Å². The van der Waals surface area contributed by atoms with Crippen molar-refractivity contribution in [2.75, 3.05) is 0 Å². The van der Waals surface area contributed by atoms with Gasteiger partial charge < -0.3 is 11.5 Å².